The SMILES string of the molecule is C#CCOC(O)C(O)C(O)O. The average molecular weight is 162 g/mol. The van der Waals surface area contributed by atoms with Gasteiger partial charge < -0.3 is 25.2 Å². The maximum atomic E-state index is 8.73. The predicted molar refractivity (Wildman–Crippen MR) is 35.0 cm³/mol. The second kappa shape index (κ2) is 5.07. The average Bonchev–Trinajstić information content (AvgIpc) is 1.98. The number of hydrogen-bond acceptors (Lipinski definition) is 5. The smallest absolute Gasteiger partial charge is 0.187 e. The zero-order valence-corrected chi connectivity index (χ0v) is 5.71. The van der Waals surface area contributed by atoms with Gasteiger partial charge in [-0.15, -0.1) is 6.42 Å². The van der Waals surface area contributed by atoms with Crippen LogP contribution >= 0.6 is 0 Å². The first-order valence-corrected chi connectivity index (χ1v) is 2.87. The quantitative estimate of drug-likeness (QED) is 0.274. The highest BCUT2D eigenvalue weighted by molar-refractivity contribution is 4.83. The summed E-state index contributed by atoms with van der Waals surface area (Å²) in [6.45, 7) is -0.203. The Hall–Kier alpha value is -0.640. The van der Waals surface area contributed by atoms with Crippen molar-refractivity contribution >= 4 is 0 Å². The van der Waals surface area contributed by atoms with Crippen LogP contribution in [0.25, 0.3) is 0 Å². The molecule has 5 nitrogen and oxygen atoms in total. The van der Waals surface area contributed by atoms with Crippen molar-refractivity contribution < 1.29 is 25.2 Å². The van der Waals surface area contributed by atoms with Gasteiger partial charge >= 0.3 is 0 Å². The molecule has 0 aliphatic heterocycles. The Morgan fingerprint density at radius 1 is 1.27 bits per heavy atom. The van der Waals surface area contributed by atoms with E-state index in [2.05, 4.69) is 4.74 Å². The molecule has 5 heteroatoms. The number of terminal acetylenes is 1. The lowest BCUT2D eigenvalue weighted by molar-refractivity contribution is -0.225. The van der Waals surface area contributed by atoms with Gasteiger partial charge in [0.2, 0.25) is 0 Å². The molecule has 0 aromatic rings. The van der Waals surface area contributed by atoms with Gasteiger partial charge in [-0.25, -0.2) is 0 Å². The van der Waals surface area contributed by atoms with Gasteiger partial charge in [-0.3, -0.25) is 0 Å². The van der Waals surface area contributed by atoms with Crippen molar-refractivity contribution in [2.24, 2.45) is 0 Å². The molecule has 0 aliphatic carbocycles. The number of rotatable bonds is 4. The number of aliphatic hydroxyl groups is 4. The van der Waals surface area contributed by atoms with Gasteiger partial charge in [0.25, 0.3) is 0 Å². The maximum absolute atomic E-state index is 8.73. The van der Waals surface area contributed by atoms with Crippen molar-refractivity contribution in [3.8, 4) is 12.3 Å². The van der Waals surface area contributed by atoms with Crippen LogP contribution in [0.3, 0.4) is 0 Å². The van der Waals surface area contributed by atoms with E-state index in [1.54, 1.807) is 0 Å². The summed E-state index contributed by atoms with van der Waals surface area (Å²) in [7, 11) is 0. The molecular weight excluding hydrogens is 152 g/mol. The third-order valence-electron chi connectivity index (χ3n) is 0.935. The minimum Gasteiger partial charge on any atom is -0.382 e. The van der Waals surface area contributed by atoms with E-state index in [9.17, 15) is 0 Å². The monoisotopic (exact) mass is 162 g/mol. The molecule has 0 aliphatic rings. The number of ether oxygens (including phenoxy) is 1. The van der Waals surface area contributed by atoms with Crippen molar-refractivity contribution in [3.05, 3.63) is 0 Å². The maximum Gasteiger partial charge on any atom is 0.187 e. The molecule has 0 bridgehead atoms. The van der Waals surface area contributed by atoms with E-state index < -0.39 is 18.7 Å². The molecule has 0 saturated carbocycles. The Balaban J connectivity index is 3.65. The zero-order chi connectivity index (χ0) is 8.85. The van der Waals surface area contributed by atoms with Gasteiger partial charge in [0, 0.05) is 0 Å². The fourth-order valence-electron chi connectivity index (χ4n) is 0.379. The second-order valence-corrected chi connectivity index (χ2v) is 1.81. The summed E-state index contributed by atoms with van der Waals surface area (Å²) >= 11 is 0. The lowest BCUT2D eigenvalue weighted by Crippen LogP contribution is -2.38. The van der Waals surface area contributed by atoms with E-state index in [0.717, 1.165) is 0 Å². The highest BCUT2D eigenvalue weighted by Crippen LogP contribution is 1.98. The van der Waals surface area contributed by atoms with Crippen LogP contribution in [0.4, 0.5) is 0 Å². The molecule has 0 amide bonds. The number of hydrogen-bond donors (Lipinski definition) is 4. The van der Waals surface area contributed by atoms with E-state index in [1.807, 2.05) is 5.92 Å². The third kappa shape index (κ3) is 3.93. The van der Waals surface area contributed by atoms with Crippen LogP contribution in [0.2, 0.25) is 0 Å². The molecule has 0 saturated heterocycles. The van der Waals surface area contributed by atoms with Crippen LogP contribution in [-0.2, 0) is 4.74 Å². The Morgan fingerprint density at radius 3 is 2.18 bits per heavy atom. The minimum atomic E-state index is -2.04. The van der Waals surface area contributed by atoms with Gasteiger partial charge in [-0.2, -0.15) is 0 Å². The van der Waals surface area contributed by atoms with Crippen LogP contribution in [-0.4, -0.2) is 45.7 Å². The van der Waals surface area contributed by atoms with Gasteiger partial charge in [0.05, 0.1) is 0 Å². The normalized spacial score (nSPS) is 16.0. The number of aliphatic hydroxyl groups excluding tert-OH is 3. The van der Waals surface area contributed by atoms with Crippen molar-refractivity contribution in [1.82, 2.24) is 0 Å². The molecular formula is C6H10O5. The van der Waals surface area contributed by atoms with Gasteiger partial charge in [-0.05, 0) is 0 Å². The van der Waals surface area contributed by atoms with Gasteiger partial charge in [-0.1, -0.05) is 5.92 Å². The second-order valence-electron chi connectivity index (χ2n) is 1.81. The van der Waals surface area contributed by atoms with Crippen LogP contribution in [0.5, 0.6) is 0 Å². The van der Waals surface area contributed by atoms with Crippen LogP contribution in [0, 0.1) is 12.3 Å². The lowest BCUT2D eigenvalue weighted by Gasteiger charge is -2.17. The van der Waals surface area contributed by atoms with E-state index in [4.69, 9.17) is 26.8 Å². The molecule has 0 rings (SSSR count). The first-order valence-electron chi connectivity index (χ1n) is 2.87. The Bertz CT molecular complexity index is 138. The van der Waals surface area contributed by atoms with E-state index in [-0.39, 0.29) is 6.61 Å². The Kier molecular flexibility index (Phi) is 4.77. The van der Waals surface area contributed by atoms with Crippen molar-refractivity contribution in [2.75, 3.05) is 6.61 Å². The van der Waals surface area contributed by atoms with Crippen molar-refractivity contribution in [3.63, 3.8) is 0 Å². The van der Waals surface area contributed by atoms with E-state index >= 15 is 0 Å². The molecule has 4 N–H and O–H groups in total. The summed E-state index contributed by atoms with van der Waals surface area (Å²) in [6, 6.07) is 0. The van der Waals surface area contributed by atoms with Crippen LogP contribution < -0.4 is 0 Å². The molecule has 0 aromatic heterocycles. The summed E-state index contributed by atoms with van der Waals surface area (Å²) in [6.07, 6.45) is -0.715. The van der Waals surface area contributed by atoms with Gasteiger partial charge in [0.15, 0.2) is 18.7 Å². The molecule has 0 spiro atoms. The summed E-state index contributed by atoms with van der Waals surface area (Å²) in [5, 5.41) is 34.0. The summed E-state index contributed by atoms with van der Waals surface area (Å²) < 4.78 is 4.36. The molecule has 0 heterocycles. The molecule has 0 aromatic carbocycles. The Morgan fingerprint density at radius 2 is 1.82 bits per heavy atom. The standard InChI is InChI=1S/C6H10O5/c1-2-3-11-6(10)4(7)5(8)9/h1,4-10H,3H2. The highest BCUT2D eigenvalue weighted by Gasteiger charge is 2.22. The lowest BCUT2D eigenvalue weighted by atomic mass is 10.3. The van der Waals surface area contributed by atoms with Crippen LogP contribution in [0.1, 0.15) is 0 Å². The molecule has 2 atom stereocenters. The highest BCUT2D eigenvalue weighted by atomic mass is 16.6. The molecule has 64 valence electrons. The summed E-state index contributed by atoms with van der Waals surface area (Å²) in [5.41, 5.74) is 0. The minimum absolute atomic E-state index is 0.203. The predicted octanol–water partition coefficient (Wildman–Crippen LogP) is -2.37. The van der Waals surface area contributed by atoms with Crippen molar-refractivity contribution in [1.29, 1.82) is 0 Å². The first-order chi connectivity index (χ1) is 5.09. The van der Waals surface area contributed by atoms with Crippen LogP contribution in [0.15, 0.2) is 0 Å². The summed E-state index contributed by atoms with van der Waals surface area (Å²) in [5.74, 6) is 2.04. The fraction of sp³-hybridized carbons (Fsp3) is 0.667. The van der Waals surface area contributed by atoms with Crippen molar-refractivity contribution in [2.45, 2.75) is 18.7 Å². The fourth-order valence-corrected chi connectivity index (χ4v) is 0.379. The zero-order valence-electron chi connectivity index (χ0n) is 5.71. The third-order valence-corrected chi connectivity index (χ3v) is 0.935. The molecule has 0 radical (unpaired) electrons. The Labute approximate surface area is 63.9 Å². The van der Waals surface area contributed by atoms with E-state index in [1.165, 1.54) is 0 Å². The first kappa shape index (κ1) is 10.4. The topological polar surface area (TPSA) is 90.2 Å². The largest absolute Gasteiger partial charge is 0.382 e. The molecule has 2 unspecified atom stereocenters. The molecule has 11 heavy (non-hydrogen) atoms. The van der Waals surface area contributed by atoms with Gasteiger partial charge in [0.1, 0.15) is 6.61 Å². The molecule has 0 fully saturated rings. The summed E-state index contributed by atoms with van der Waals surface area (Å²) in [4.78, 5) is 0. The van der Waals surface area contributed by atoms with E-state index in [0.29, 0.717) is 0 Å².